The van der Waals surface area contributed by atoms with Gasteiger partial charge in [-0.25, -0.2) is 4.68 Å². The summed E-state index contributed by atoms with van der Waals surface area (Å²) in [6, 6.07) is 5.34. The summed E-state index contributed by atoms with van der Waals surface area (Å²) in [7, 11) is 0. The van der Waals surface area contributed by atoms with Crippen molar-refractivity contribution in [3.63, 3.8) is 0 Å². The number of rotatable bonds is 3. The molecular weight excluding hydrogens is 396 g/mol. The fraction of sp³-hybridized carbons (Fsp3) is 0.545. The second-order valence-electron chi connectivity index (χ2n) is 9.61. The van der Waals surface area contributed by atoms with Crippen LogP contribution < -0.4 is 15.0 Å². The average molecular weight is 425 g/mol. The Bertz CT molecular complexity index is 1180. The number of ether oxygens (including phenoxy) is 2. The van der Waals surface area contributed by atoms with E-state index in [1.165, 1.54) is 6.42 Å². The van der Waals surface area contributed by atoms with Crippen molar-refractivity contribution in [3.05, 3.63) is 39.9 Å². The minimum atomic E-state index is -0.337. The Labute approximate surface area is 180 Å². The van der Waals surface area contributed by atoms with Gasteiger partial charge in [-0.2, -0.15) is 0 Å². The maximum atomic E-state index is 13.3. The highest BCUT2D eigenvalue weighted by Gasteiger charge is 2.35. The van der Waals surface area contributed by atoms with Gasteiger partial charge in [0.05, 0.1) is 11.1 Å². The van der Waals surface area contributed by atoms with Crippen LogP contribution in [0.5, 0.6) is 11.5 Å². The van der Waals surface area contributed by atoms with Gasteiger partial charge in [0.2, 0.25) is 6.79 Å². The predicted octanol–water partition coefficient (Wildman–Crippen LogP) is 2.82. The van der Waals surface area contributed by atoms with E-state index in [0.717, 1.165) is 30.4 Å². The Morgan fingerprint density at radius 2 is 1.97 bits per heavy atom. The third kappa shape index (κ3) is 3.56. The van der Waals surface area contributed by atoms with Gasteiger partial charge in [-0.3, -0.25) is 9.69 Å². The van der Waals surface area contributed by atoms with Crippen LogP contribution in [0.4, 0.5) is 0 Å². The molecule has 1 saturated heterocycles. The minimum absolute atomic E-state index is 0.141. The van der Waals surface area contributed by atoms with Crippen molar-refractivity contribution in [1.29, 1.82) is 0 Å². The lowest BCUT2D eigenvalue weighted by Crippen LogP contribution is -2.42. The van der Waals surface area contributed by atoms with E-state index in [4.69, 9.17) is 9.47 Å². The lowest BCUT2D eigenvalue weighted by Gasteiger charge is -2.37. The Hall–Kier alpha value is -2.94. The van der Waals surface area contributed by atoms with Crippen LogP contribution in [0.1, 0.15) is 58.0 Å². The summed E-state index contributed by atoms with van der Waals surface area (Å²) in [6.45, 7) is 10.4. The number of hydrogen-bond donors (Lipinski definition) is 1. The second kappa shape index (κ2) is 7.33. The number of nitrogens with one attached hydrogen (secondary N) is 1. The molecule has 1 N–H and O–H groups in total. The molecule has 0 bridgehead atoms. The maximum absolute atomic E-state index is 13.3. The van der Waals surface area contributed by atoms with Crippen LogP contribution in [-0.2, 0) is 5.54 Å². The first-order valence-electron chi connectivity index (χ1n) is 10.8. The molecule has 164 valence electrons. The molecule has 0 aliphatic carbocycles. The molecule has 4 heterocycles. The molecule has 2 aliphatic heterocycles. The van der Waals surface area contributed by atoms with Crippen molar-refractivity contribution in [1.82, 2.24) is 30.1 Å². The standard InChI is InChI=1S/C22H28N6O3/c1-13-6-5-7-27(11-13)19(20-24-25-26-28(20)22(2,3)4)15-8-14-9-17-18(31-12-30-17)10-16(14)23-21(15)29/h8-10,13,19H,5-7,11-12H2,1-4H3,(H,23,29)/t13-,19-/m0/s1. The molecular formula is C22H28N6O3. The summed E-state index contributed by atoms with van der Waals surface area (Å²) in [4.78, 5) is 18.7. The van der Waals surface area contributed by atoms with Gasteiger partial charge < -0.3 is 14.5 Å². The van der Waals surface area contributed by atoms with Crippen molar-refractivity contribution in [3.8, 4) is 11.5 Å². The summed E-state index contributed by atoms with van der Waals surface area (Å²) in [5, 5.41) is 13.5. The molecule has 0 amide bonds. The summed E-state index contributed by atoms with van der Waals surface area (Å²) in [5.74, 6) is 2.57. The van der Waals surface area contributed by atoms with Crippen molar-refractivity contribution in [2.24, 2.45) is 5.92 Å². The largest absolute Gasteiger partial charge is 0.454 e. The van der Waals surface area contributed by atoms with Gasteiger partial charge in [0.25, 0.3) is 5.56 Å². The molecule has 5 rings (SSSR count). The molecule has 0 saturated carbocycles. The first-order valence-corrected chi connectivity index (χ1v) is 10.8. The first kappa shape index (κ1) is 20.0. The van der Waals surface area contributed by atoms with Crippen molar-refractivity contribution < 1.29 is 9.47 Å². The van der Waals surface area contributed by atoms with Crippen LogP contribution >= 0.6 is 0 Å². The number of aromatic amines is 1. The molecule has 9 nitrogen and oxygen atoms in total. The number of nitrogens with zero attached hydrogens (tertiary/aromatic N) is 5. The normalized spacial score (nSPS) is 20.3. The van der Waals surface area contributed by atoms with Crippen LogP contribution in [0.25, 0.3) is 10.9 Å². The smallest absolute Gasteiger partial charge is 0.253 e. The number of hydrogen-bond acceptors (Lipinski definition) is 7. The number of tetrazole rings is 1. The number of benzene rings is 1. The van der Waals surface area contributed by atoms with E-state index in [1.807, 2.05) is 22.9 Å². The topological polar surface area (TPSA) is 98.2 Å². The van der Waals surface area contributed by atoms with Gasteiger partial charge in [-0.05, 0) is 68.6 Å². The van der Waals surface area contributed by atoms with Crippen LogP contribution in [-0.4, -0.2) is 50.0 Å². The van der Waals surface area contributed by atoms with Gasteiger partial charge in [0, 0.05) is 23.6 Å². The molecule has 2 atom stereocenters. The predicted molar refractivity (Wildman–Crippen MR) is 115 cm³/mol. The Morgan fingerprint density at radius 1 is 1.19 bits per heavy atom. The quantitative estimate of drug-likeness (QED) is 0.690. The molecule has 1 aromatic carbocycles. The van der Waals surface area contributed by atoms with Crippen molar-refractivity contribution in [2.75, 3.05) is 19.9 Å². The minimum Gasteiger partial charge on any atom is -0.454 e. The van der Waals surface area contributed by atoms with Gasteiger partial charge >= 0.3 is 0 Å². The molecule has 0 radical (unpaired) electrons. The highest BCUT2D eigenvalue weighted by Crippen LogP contribution is 2.37. The highest BCUT2D eigenvalue weighted by atomic mass is 16.7. The zero-order valence-electron chi connectivity index (χ0n) is 18.4. The van der Waals surface area contributed by atoms with Gasteiger partial charge in [0.15, 0.2) is 17.3 Å². The van der Waals surface area contributed by atoms with E-state index < -0.39 is 0 Å². The van der Waals surface area contributed by atoms with Gasteiger partial charge in [0.1, 0.15) is 6.04 Å². The summed E-state index contributed by atoms with van der Waals surface area (Å²) < 4.78 is 12.8. The molecule has 2 aromatic heterocycles. The van der Waals surface area contributed by atoms with E-state index in [2.05, 4.69) is 53.1 Å². The Morgan fingerprint density at radius 3 is 2.71 bits per heavy atom. The number of likely N-dealkylation sites (tertiary alicyclic amines) is 1. The number of pyridine rings is 1. The molecule has 0 unspecified atom stereocenters. The molecule has 1 fully saturated rings. The number of piperidine rings is 1. The third-order valence-electron chi connectivity index (χ3n) is 6.09. The molecule has 31 heavy (non-hydrogen) atoms. The number of aromatic nitrogens is 5. The van der Waals surface area contributed by atoms with Gasteiger partial charge in [-0.15, -0.1) is 5.10 Å². The lowest BCUT2D eigenvalue weighted by atomic mass is 9.95. The lowest BCUT2D eigenvalue weighted by molar-refractivity contribution is 0.137. The molecule has 0 spiro atoms. The van der Waals surface area contributed by atoms with Crippen LogP contribution in [0.3, 0.4) is 0 Å². The average Bonchev–Trinajstić information content (AvgIpc) is 3.36. The maximum Gasteiger partial charge on any atom is 0.253 e. The molecule has 9 heteroatoms. The monoisotopic (exact) mass is 424 g/mol. The Balaban J connectivity index is 1.69. The second-order valence-corrected chi connectivity index (χ2v) is 9.61. The van der Waals surface area contributed by atoms with E-state index >= 15 is 0 Å². The van der Waals surface area contributed by atoms with E-state index in [9.17, 15) is 4.79 Å². The first-order chi connectivity index (χ1) is 14.8. The summed E-state index contributed by atoms with van der Waals surface area (Å²) in [6.07, 6.45) is 2.27. The molecule has 3 aromatic rings. The van der Waals surface area contributed by atoms with Crippen LogP contribution in [0.15, 0.2) is 23.0 Å². The van der Waals surface area contributed by atoms with E-state index in [-0.39, 0.29) is 23.9 Å². The third-order valence-corrected chi connectivity index (χ3v) is 6.09. The summed E-state index contributed by atoms with van der Waals surface area (Å²) in [5.41, 5.74) is 0.909. The SMILES string of the molecule is C[C@H]1CCCN([C@@H](c2cc3cc4c(cc3[nH]c2=O)OCO4)c2nnnn2C(C)(C)C)C1. The van der Waals surface area contributed by atoms with Crippen molar-refractivity contribution >= 4 is 10.9 Å². The number of H-pyrrole nitrogens is 1. The van der Waals surface area contributed by atoms with Crippen LogP contribution in [0, 0.1) is 5.92 Å². The van der Waals surface area contributed by atoms with Crippen LogP contribution in [0.2, 0.25) is 0 Å². The highest BCUT2D eigenvalue weighted by molar-refractivity contribution is 5.83. The molecule has 2 aliphatic rings. The Kier molecular flexibility index (Phi) is 4.73. The van der Waals surface area contributed by atoms with Crippen molar-refractivity contribution in [2.45, 2.75) is 52.1 Å². The zero-order valence-corrected chi connectivity index (χ0v) is 18.4. The zero-order chi connectivity index (χ0) is 21.8. The fourth-order valence-corrected chi connectivity index (χ4v) is 4.62. The van der Waals surface area contributed by atoms with E-state index in [1.54, 1.807) is 0 Å². The fourth-order valence-electron chi connectivity index (χ4n) is 4.62. The number of fused-ring (bicyclic) bond motifs is 2. The summed E-state index contributed by atoms with van der Waals surface area (Å²) >= 11 is 0. The van der Waals surface area contributed by atoms with E-state index in [0.29, 0.717) is 28.8 Å². The van der Waals surface area contributed by atoms with Gasteiger partial charge in [-0.1, -0.05) is 6.92 Å².